The molecule has 0 bridgehead atoms. The van der Waals surface area contributed by atoms with E-state index in [-0.39, 0.29) is 0 Å². The number of aldehydes is 1. The van der Waals surface area contributed by atoms with E-state index < -0.39 is 0 Å². The van der Waals surface area contributed by atoms with Crippen LogP contribution >= 0.6 is 0 Å². The maximum atomic E-state index is 10.7. The summed E-state index contributed by atoms with van der Waals surface area (Å²) in [5.41, 5.74) is 1.37. The van der Waals surface area contributed by atoms with E-state index in [0.717, 1.165) is 50.4 Å². The molecule has 1 saturated heterocycles. The largest absolute Gasteiger partial charge is 0.353 e. The Labute approximate surface area is 100 Å². The summed E-state index contributed by atoms with van der Waals surface area (Å²) in [5, 5.41) is 0. The van der Waals surface area contributed by atoms with Gasteiger partial charge in [-0.15, -0.1) is 0 Å². The average Bonchev–Trinajstić information content (AvgIpc) is 2.39. The zero-order chi connectivity index (χ0) is 12.3. The predicted octanol–water partition coefficient (Wildman–Crippen LogP) is 0.481. The second-order valence-corrected chi connectivity index (χ2v) is 4.09. The first-order chi connectivity index (χ1) is 8.24. The van der Waals surface area contributed by atoms with Crippen molar-refractivity contribution in [3.8, 4) is 0 Å². The molecule has 5 nitrogen and oxygen atoms in total. The van der Waals surface area contributed by atoms with Crippen molar-refractivity contribution in [2.45, 2.75) is 6.92 Å². The topological polar surface area (TPSA) is 53.5 Å². The highest BCUT2D eigenvalue weighted by molar-refractivity contribution is 5.76. The van der Waals surface area contributed by atoms with Gasteiger partial charge in [-0.2, -0.15) is 0 Å². The third kappa shape index (κ3) is 2.43. The minimum absolute atomic E-state index is 0.625. The van der Waals surface area contributed by atoms with E-state index >= 15 is 0 Å². The van der Waals surface area contributed by atoms with Gasteiger partial charge in [0.2, 0.25) is 6.41 Å². The summed E-state index contributed by atoms with van der Waals surface area (Å²) in [6.07, 6.45) is 1.70. The van der Waals surface area contributed by atoms with E-state index in [1.165, 1.54) is 0 Å². The Morgan fingerprint density at radius 2 is 1.88 bits per heavy atom. The van der Waals surface area contributed by atoms with Gasteiger partial charge in [0, 0.05) is 31.7 Å². The number of pyridine rings is 1. The Morgan fingerprint density at radius 1 is 1.18 bits per heavy atom. The second-order valence-electron chi connectivity index (χ2n) is 4.09. The number of nitrogens with zero attached hydrogens (tertiary/aromatic N) is 3. The Hall–Kier alpha value is -1.91. The fourth-order valence-corrected chi connectivity index (χ4v) is 1.92. The highest BCUT2D eigenvalue weighted by Gasteiger charge is 2.16. The molecule has 0 unspecified atom stereocenters. The summed E-state index contributed by atoms with van der Waals surface area (Å²) >= 11 is 0. The molecule has 1 fully saturated rings. The fourth-order valence-electron chi connectivity index (χ4n) is 1.92. The van der Waals surface area contributed by atoms with Crippen molar-refractivity contribution in [3.63, 3.8) is 0 Å². The summed E-state index contributed by atoms with van der Waals surface area (Å²) in [6.45, 7) is 4.84. The van der Waals surface area contributed by atoms with Gasteiger partial charge in [-0.3, -0.25) is 9.59 Å². The molecule has 1 aliphatic rings. The number of hydrogen-bond acceptors (Lipinski definition) is 4. The summed E-state index contributed by atoms with van der Waals surface area (Å²) in [6, 6.07) is 3.64. The molecular weight excluding hydrogens is 218 g/mol. The van der Waals surface area contributed by atoms with Gasteiger partial charge in [-0.05, 0) is 19.1 Å². The van der Waals surface area contributed by atoms with Gasteiger partial charge in [-0.25, -0.2) is 4.98 Å². The second kappa shape index (κ2) is 4.95. The molecule has 0 aromatic carbocycles. The molecule has 1 aromatic heterocycles. The van der Waals surface area contributed by atoms with Gasteiger partial charge >= 0.3 is 0 Å². The lowest BCUT2D eigenvalue weighted by Gasteiger charge is -2.33. The van der Waals surface area contributed by atoms with Crippen LogP contribution in [0.4, 0.5) is 5.82 Å². The number of anilines is 1. The third-order valence-electron chi connectivity index (χ3n) is 3.03. The lowest BCUT2D eigenvalue weighted by molar-refractivity contribution is -0.118. The normalized spacial score (nSPS) is 15.8. The van der Waals surface area contributed by atoms with E-state index in [0.29, 0.717) is 5.56 Å². The van der Waals surface area contributed by atoms with Crippen LogP contribution in [0.3, 0.4) is 0 Å². The zero-order valence-corrected chi connectivity index (χ0v) is 9.80. The lowest BCUT2D eigenvalue weighted by atomic mass is 10.2. The Morgan fingerprint density at radius 3 is 2.41 bits per heavy atom. The molecular formula is C12H15N3O2. The first-order valence-electron chi connectivity index (χ1n) is 5.61. The van der Waals surface area contributed by atoms with Gasteiger partial charge < -0.3 is 9.80 Å². The number of amides is 1. The predicted molar refractivity (Wildman–Crippen MR) is 64.2 cm³/mol. The molecule has 1 aromatic rings. The highest BCUT2D eigenvalue weighted by atomic mass is 16.1. The maximum absolute atomic E-state index is 10.7. The number of carbonyl (C=O) groups excluding carboxylic acids is 2. The van der Waals surface area contributed by atoms with Crippen LogP contribution in [0.25, 0.3) is 0 Å². The summed E-state index contributed by atoms with van der Waals surface area (Å²) in [5.74, 6) is 0.874. The molecule has 0 atom stereocenters. The van der Waals surface area contributed by atoms with Crippen molar-refractivity contribution in [1.29, 1.82) is 0 Å². The minimum Gasteiger partial charge on any atom is -0.353 e. The summed E-state index contributed by atoms with van der Waals surface area (Å²) in [7, 11) is 0. The van der Waals surface area contributed by atoms with Crippen molar-refractivity contribution in [2.75, 3.05) is 31.1 Å². The zero-order valence-electron chi connectivity index (χ0n) is 9.80. The van der Waals surface area contributed by atoms with Crippen LogP contribution in [0.2, 0.25) is 0 Å². The monoisotopic (exact) mass is 233 g/mol. The molecule has 0 saturated carbocycles. The van der Waals surface area contributed by atoms with Crippen molar-refractivity contribution < 1.29 is 9.59 Å². The fraction of sp³-hybridized carbons (Fsp3) is 0.417. The van der Waals surface area contributed by atoms with Gasteiger partial charge in [0.1, 0.15) is 5.82 Å². The Bertz CT molecular complexity index is 426. The molecule has 2 rings (SSSR count). The van der Waals surface area contributed by atoms with Crippen LogP contribution < -0.4 is 4.90 Å². The molecule has 0 N–H and O–H groups in total. The Kier molecular flexibility index (Phi) is 3.37. The number of hydrogen-bond donors (Lipinski definition) is 0. The first-order valence-corrected chi connectivity index (χ1v) is 5.61. The van der Waals surface area contributed by atoms with Crippen LogP contribution in [0.15, 0.2) is 12.1 Å². The molecule has 17 heavy (non-hydrogen) atoms. The van der Waals surface area contributed by atoms with Gasteiger partial charge in [0.25, 0.3) is 0 Å². The number of piperazine rings is 1. The third-order valence-corrected chi connectivity index (χ3v) is 3.03. The molecule has 2 heterocycles. The molecule has 1 aliphatic heterocycles. The summed E-state index contributed by atoms with van der Waals surface area (Å²) < 4.78 is 0. The molecule has 90 valence electrons. The molecule has 0 aliphatic carbocycles. The van der Waals surface area contributed by atoms with Crippen LogP contribution in [0.1, 0.15) is 16.1 Å². The number of aromatic nitrogens is 1. The highest BCUT2D eigenvalue weighted by Crippen LogP contribution is 2.15. The van der Waals surface area contributed by atoms with Crippen LogP contribution in [-0.4, -0.2) is 48.8 Å². The van der Waals surface area contributed by atoms with Crippen molar-refractivity contribution in [3.05, 3.63) is 23.4 Å². The van der Waals surface area contributed by atoms with E-state index in [1.54, 1.807) is 11.0 Å². The van der Waals surface area contributed by atoms with Crippen LogP contribution in [0.5, 0.6) is 0 Å². The molecule has 0 spiro atoms. The van der Waals surface area contributed by atoms with E-state index in [9.17, 15) is 9.59 Å². The first kappa shape index (κ1) is 11.6. The molecule has 0 radical (unpaired) electrons. The van der Waals surface area contributed by atoms with E-state index in [4.69, 9.17) is 0 Å². The van der Waals surface area contributed by atoms with Gasteiger partial charge in [0.15, 0.2) is 6.29 Å². The number of rotatable bonds is 3. The van der Waals surface area contributed by atoms with Gasteiger partial charge in [-0.1, -0.05) is 0 Å². The SMILES string of the molecule is Cc1nc(N2CCN(C=O)CC2)ccc1C=O. The van der Waals surface area contributed by atoms with Crippen molar-refractivity contribution in [2.24, 2.45) is 0 Å². The summed E-state index contributed by atoms with van der Waals surface area (Å²) in [4.78, 5) is 29.6. The van der Waals surface area contributed by atoms with Crippen molar-refractivity contribution in [1.82, 2.24) is 9.88 Å². The van der Waals surface area contributed by atoms with Crippen LogP contribution in [-0.2, 0) is 4.79 Å². The smallest absolute Gasteiger partial charge is 0.209 e. The van der Waals surface area contributed by atoms with E-state index in [1.807, 2.05) is 13.0 Å². The molecule has 1 amide bonds. The minimum atomic E-state index is 0.625. The number of carbonyl (C=O) groups is 2. The van der Waals surface area contributed by atoms with E-state index in [2.05, 4.69) is 9.88 Å². The maximum Gasteiger partial charge on any atom is 0.209 e. The van der Waals surface area contributed by atoms with Crippen molar-refractivity contribution >= 4 is 18.5 Å². The Balaban J connectivity index is 2.10. The van der Waals surface area contributed by atoms with Crippen LogP contribution in [0, 0.1) is 6.92 Å². The average molecular weight is 233 g/mol. The molecule has 5 heteroatoms. The van der Waals surface area contributed by atoms with Gasteiger partial charge in [0.05, 0.1) is 5.69 Å². The standard InChI is InChI=1S/C12H15N3O2/c1-10-11(8-16)2-3-12(13-10)15-6-4-14(9-17)5-7-15/h2-3,8-9H,4-7H2,1H3. The quantitative estimate of drug-likeness (QED) is 0.713. The number of aryl methyl sites for hydroxylation is 1. The lowest BCUT2D eigenvalue weighted by Crippen LogP contribution is -2.46.